The maximum atomic E-state index is 12.6. The molecule has 6 heteroatoms. The quantitative estimate of drug-likeness (QED) is 0.681. The van der Waals surface area contributed by atoms with Crippen molar-refractivity contribution in [2.45, 2.75) is 13.8 Å². The Morgan fingerprint density at radius 2 is 1.87 bits per heavy atom. The van der Waals surface area contributed by atoms with E-state index in [2.05, 4.69) is 5.32 Å². The van der Waals surface area contributed by atoms with Crippen LogP contribution >= 0.6 is 11.3 Å². The van der Waals surface area contributed by atoms with E-state index in [0.29, 0.717) is 5.69 Å². The van der Waals surface area contributed by atoms with Gasteiger partial charge in [0.05, 0.1) is 5.69 Å². The summed E-state index contributed by atoms with van der Waals surface area (Å²) in [5.41, 5.74) is 1.31. The number of thiophene rings is 1. The molecule has 1 N–H and O–H groups in total. The predicted octanol–water partition coefficient (Wildman–Crippen LogP) is 3.03. The summed E-state index contributed by atoms with van der Waals surface area (Å²) in [5, 5.41) is 2.22. The molecule has 1 aromatic heterocycles. The molecule has 0 unspecified atom stereocenters. The van der Waals surface area contributed by atoms with Gasteiger partial charge in [-0.1, -0.05) is 12.1 Å². The number of carbonyl (C=O) groups is 3. The molecule has 0 atom stereocenters. The Morgan fingerprint density at radius 3 is 2.52 bits per heavy atom. The van der Waals surface area contributed by atoms with E-state index in [1.54, 1.807) is 18.2 Å². The Bertz CT molecular complexity index is 851. The Balaban J connectivity index is 2.02. The molecule has 23 heavy (non-hydrogen) atoms. The lowest BCUT2D eigenvalue weighted by atomic mass is 10.1. The highest BCUT2D eigenvalue weighted by molar-refractivity contribution is 7.12. The van der Waals surface area contributed by atoms with Crippen LogP contribution in [0.3, 0.4) is 0 Å². The molecular formula is C17H14N2O3S. The third-order valence-corrected chi connectivity index (χ3v) is 4.36. The standard InChI is InChI=1S/C17H14N2O3S/c1-10-4-3-5-12(8-10)19-16(21)14(15(20)18-17(19)22)9-13-7-6-11(2)23-13/h3-9H,1-2H3,(H,18,20,22)/b14-9+. The van der Waals surface area contributed by atoms with Gasteiger partial charge in [0, 0.05) is 9.75 Å². The highest BCUT2D eigenvalue weighted by Gasteiger charge is 2.36. The molecule has 1 aliphatic heterocycles. The molecule has 1 aliphatic rings. The molecule has 0 spiro atoms. The van der Waals surface area contributed by atoms with Gasteiger partial charge in [0.25, 0.3) is 11.8 Å². The van der Waals surface area contributed by atoms with Crippen LogP contribution in [0.1, 0.15) is 15.3 Å². The van der Waals surface area contributed by atoms with Gasteiger partial charge in [-0.05, 0) is 49.8 Å². The minimum Gasteiger partial charge on any atom is -0.273 e. The molecule has 0 saturated carbocycles. The van der Waals surface area contributed by atoms with Crippen molar-refractivity contribution in [2.75, 3.05) is 4.90 Å². The number of hydrogen-bond donors (Lipinski definition) is 1. The van der Waals surface area contributed by atoms with Crippen molar-refractivity contribution < 1.29 is 14.4 Å². The minimum absolute atomic E-state index is 0.0482. The normalized spacial score (nSPS) is 16.9. The average Bonchev–Trinajstić information content (AvgIpc) is 2.89. The first-order chi connectivity index (χ1) is 11.0. The summed E-state index contributed by atoms with van der Waals surface area (Å²) in [6.07, 6.45) is 1.52. The first kappa shape index (κ1) is 15.2. The molecular weight excluding hydrogens is 312 g/mol. The lowest BCUT2D eigenvalue weighted by Crippen LogP contribution is -2.54. The summed E-state index contributed by atoms with van der Waals surface area (Å²) >= 11 is 1.47. The van der Waals surface area contributed by atoms with Crippen LogP contribution in [0.15, 0.2) is 42.0 Å². The fourth-order valence-electron chi connectivity index (χ4n) is 2.33. The second kappa shape index (κ2) is 5.81. The molecule has 1 fully saturated rings. The third-order valence-electron chi connectivity index (χ3n) is 3.41. The number of anilines is 1. The van der Waals surface area contributed by atoms with Gasteiger partial charge in [-0.15, -0.1) is 11.3 Å². The Kier molecular flexibility index (Phi) is 3.83. The van der Waals surface area contributed by atoms with Crippen LogP contribution in [0.5, 0.6) is 0 Å². The van der Waals surface area contributed by atoms with Gasteiger partial charge in [-0.25, -0.2) is 9.69 Å². The molecule has 1 aromatic carbocycles. The zero-order chi connectivity index (χ0) is 16.6. The SMILES string of the molecule is Cc1cccc(N2C(=O)NC(=O)/C(=C\c3ccc(C)s3)C2=O)c1. The molecule has 3 rings (SSSR count). The second-order valence-corrected chi connectivity index (χ2v) is 6.56. The van der Waals surface area contributed by atoms with Crippen molar-refractivity contribution in [1.82, 2.24) is 5.32 Å². The number of amides is 4. The number of aryl methyl sites for hydroxylation is 2. The summed E-state index contributed by atoms with van der Waals surface area (Å²) in [6, 6.07) is 10.0. The Hall–Kier alpha value is -2.73. The second-order valence-electron chi connectivity index (χ2n) is 5.25. The fourth-order valence-corrected chi connectivity index (χ4v) is 3.15. The van der Waals surface area contributed by atoms with Crippen LogP contribution in [0.25, 0.3) is 6.08 Å². The Labute approximate surface area is 137 Å². The smallest absolute Gasteiger partial charge is 0.273 e. The van der Waals surface area contributed by atoms with Crippen molar-refractivity contribution in [2.24, 2.45) is 0 Å². The number of benzene rings is 1. The zero-order valence-corrected chi connectivity index (χ0v) is 13.4. The van der Waals surface area contributed by atoms with E-state index in [4.69, 9.17) is 0 Å². The number of nitrogens with one attached hydrogen (secondary N) is 1. The summed E-state index contributed by atoms with van der Waals surface area (Å²) in [6.45, 7) is 3.81. The van der Waals surface area contributed by atoms with E-state index in [0.717, 1.165) is 20.2 Å². The minimum atomic E-state index is -0.731. The van der Waals surface area contributed by atoms with E-state index in [1.165, 1.54) is 17.4 Å². The topological polar surface area (TPSA) is 66.5 Å². The fraction of sp³-hybridized carbons (Fsp3) is 0.118. The van der Waals surface area contributed by atoms with E-state index < -0.39 is 17.8 Å². The number of imide groups is 2. The monoisotopic (exact) mass is 326 g/mol. The highest BCUT2D eigenvalue weighted by Crippen LogP contribution is 2.24. The van der Waals surface area contributed by atoms with Crippen LogP contribution in [-0.4, -0.2) is 17.8 Å². The van der Waals surface area contributed by atoms with E-state index in [-0.39, 0.29) is 5.57 Å². The maximum Gasteiger partial charge on any atom is 0.335 e. The summed E-state index contributed by atoms with van der Waals surface area (Å²) in [4.78, 5) is 39.6. The van der Waals surface area contributed by atoms with Gasteiger partial charge in [0.15, 0.2) is 0 Å². The molecule has 0 radical (unpaired) electrons. The molecule has 0 aliphatic carbocycles. The molecule has 0 bridgehead atoms. The van der Waals surface area contributed by atoms with Crippen molar-refractivity contribution in [3.63, 3.8) is 0 Å². The van der Waals surface area contributed by atoms with Gasteiger partial charge < -0.3 is 0 Å². The average molecular weight is 326 g/mol. The number of rotatable bonds is 2. The van der Waals surface area contributed by atoms with Crippen molar-refractivity contribution >= 4 is 40.9 Å². The molecule has 2 heterocycles. The van der Waals surface area contributed by atoms with Gasteiger partial charge in [0.1, 0.15) is 5.57 Å². The van der Waals surface area contributed by atoms with Gasteiger partial charge in [-0.2, -0.15) is 0 Å². The number of hydrogen-bond acceptors (Lipinski definition) is 4. The molecule has 4 amide bonds. The van der Waals surface area contributed by atoms with Gasteiger partial charge in [0.2, 0.25) is 0 Å². The summed E-state index contributed by atoms with van der Waals surface area (Å²) in [5.74, 6) is -1.29. The summed E-state index contributed by atoms with van der Waals surface area (Å²) < 4.78 is 0. The van der Waals surface area contributed by atoms with Gasteiger partial charge >= 0.3 is 6.03 Å². The number of carbonyl (C=O) groups excluding carboxylic acids is 3. The lowest BCUT2D eigenvalue weighted by Gasteiger charge is -2.26. The zero-order valence-electron chi connectivity index (χ0n) is 12.6. The van der Waals surface area contributed by atoms with E-state index in [1.807, 2.05) is 32.0 Å². The third kappa shape index (κ3) is 2.93. The maximum absolute atomic E-state index is 12.6. The molecule has 5 nitrogen and oxygen atoms in total. The van der Waals surface area contributed by atoms with Crippen LogP contribution in [0.4, 0.5) is 10.5 Å². The van der Waals surface area contributed by atoms with Crippen LogP contribution in [0.2, 0.25) is 0 Å². The van der Waals surface area contributed by atoms with E-state index in [9.17, 15) is 14.4 Å². The van der Waals surface area contributed by atoms with Crippen LogP contribution in [-0.2, 0) is 9.59 Å². The molecule has 1 saturated heterocycles. The lowest BCUT2D eigenvalue weighted by molar-refractivity contribution is -0.122. The number of barbiturate groups is 1. The number of urea groups is 1. The Morgan fingerprint density at radius 1 is 1.09 bits per heavy atom. The van der Waals surface area contributed by atoms with Gasteiger partial charge in [-0.3, -0.25) is 14.9 Å². The van der Waals surface area contributed by atoms with Crippen LogP contribution < -0.4 is 10.2 Å². The van der Waals surface area contributed by atoms with Crippen molar-refractivity contribution in [3.05, 3.63) is 57.3 Å². The predicted molar refractivity (Wildman–Crippen MR) is 89.2 cm³/mol. The van der Waals surface area contributed by atoms with Crippen molar-refractivity contribution in [3.8, 4) is 0 Å². The molecule has 116 valence electrons. The first-order valence-corrected chi connectivity index (χ1v) is 7.82. The van der Waals surface area contributed by atoms with E-state index >= 15 is 0 Å². The van der Waals surface area contributed by atoms with Crippen LogP contribution in [0, 0.1) is 13.8 Å². The largest absolute Gasteiger partial charge is 0.335 e. The first-order valence-electron chi connectivity index (χ1n) is 7.00. The number of nitrogens with zero attached hydrogens (tertiary/aromatic N) is 1. The summed E-state index contributed by atoms with van der Waals surface area (Å²) in [7, 11) is 0. The highest BCUT2D eigenvalue weighted by atomic mass is 32.1. The van der Waals surface area contributed by atoms with Crippen molar-refractivity contribution in [1.29, 1.82) is 0 Å². The molecule has 2 aromatic rings.